The van der Waals surface area contributed by atoms with Crippen molar-refractivity contribution in [1.82, 2.24) is 0 Å². The molecule has 2 N–H and O–H groups in total. The van der Waals surface area contributed by atoms with Crippen molar-refractivity contribution in [3.63, 3.8) is 0 Å². The van der Waals surface area contributed by atoms with E-state index in [4.69, 9.17) is 5.11 Å². The number of carboxylic acids is 1. The fourth-order valence-corrected chi connectivity index (χ4v) is 1.48. The van der Waals surface area contributed by atoms with Gasteiger partial charge in [-0.15, -0.1) is 0 Å². The van der Waals surface area contributed by atoms with E-state index in [1.54, 1.807) is 12.1 Å². The SMILES string of the molecule is O=C(O)c1ccc(F)cc1Nc1ccccc1. The monoisotopic (exact) mass is 231 g/mol. The Hall–Kier alpha value is -2.36. The molecule has 2 rings (SSSR count). The number of carbonyl (C=O) groups is 1. The van der Waals surface area contributed by atoms with Crippen LogP contribution >= 0.6 is 0 Å². The molecule has 0 aliphatic heterocycles. The number of hydrogen-bond donors (Lipinski definition) is 2. The molecule has 2 aromatic carbocycles. The molecule has 0 unspecified atom stereocenters. The van der Waals surface area contributed by atoms with Gasteiger partial charge in [0, 0.05) is 5.69 Å². The summed E-state index contributed by atoms with van der Waals surface area (Å²) in [5.74, 6) is -1.57. The molecule has 86 valence electrons. The molecule has 0 saturated heterocycles. The van der Waals surface area contributed by atoms with E-state index in [1.807, 2.05) is 18.2 Å². The van der Waals surface area contributed by atoms with E-state index in [0.29, 0.717) is 5.69 Å². The first-order valence-corrected chi connectivity index (χ1v) is 5.02. The van der Waals surface area contributed by atoms with Crippen molar-refractivity contribution < 1.29 is 14.3 Å². The summed E-state index contributed by atoms with van der Waals surface area (Å²) in [7, 11) is 0. The van der Waals surface area contributed by atoms with Crippen LogP contribution in [-0.4, -0.2) is 11.1 Å². The number of nitrogens with one attached hydrogen (secondary N) is 1. The number of aromatic carboxylic acids is 1. The molecule has 3 nitrogen and oxygen atoms in total. The summed E-state index contributed by atoms with van der Waals surface area (Å²) in [5, 5.41) is 11.8. The van der Waals surface area contributed by atoms with Gasteiger partial charge in [0.05, 0.1) is 11.3 Å². The Morgan fingerprint density at radius 2 is 1.82 bits per heavy atom. The van der Waals surface area contributed by atoms with E-state index in [1.165, 1.54) is 6.07 Å². The molecule has 0 aliphatic carbocycles. The lowest BCUT2D eigenvalue weighted by Crippen LogP contribution is -2.03. The van der Waals surface area contributed by atoms with Crippen LogP contribution in [0.1, 0.15) is 10.4 Å². The summed E-state index contributed by atoms with van der Waals surface area (Å²) in [6.45, 7) is 0. The highest BCUT2D eigenvalue weighted by Gasteiger charge is 2.10. The maximum absolute atomic E-state index is 13.1. The Balaban J connectivity index is 2.37. The van der Waals surface area contributed by atoms with Crippen molar-refractivity contribution in [2.75, 3.05) is 5.32 Å². The third-order valence-corrected chi connectivity index (χ3v) is 2.26. The highest BCUT2D eigenvalue weighted by Crippen LogP contribution is 2.21. The normalized spacial score (nSPS) is 9.94. The molecule has 0 fully saturated rings. The van der Waals surface area contributed by atoms with E-state index in [9.17, 15) is 9.18 Å². The Bertz CT molecular complexity index is 540. The standard InChI is InChI=1S/C13H10FNO2/c14-9-6-7-11(13(16)17)12(8-9)15-10-4-2-1-3-5-10/h1-8,15H,(H,16,17). The van der Waals surface area contributed by atoms with Crippen LogP contribution in [0.25, 0.3) is 0 Å². The van der Waals surface area contributed by atoms with Crippen molar-refractivity contribution in [1.29, 1.82) is 0 Å². The van der Waals surface area contributed by atoms with E-state index in [0.717, 1.165) is 12.1 Å². The first kappa shape index (κ1) is 11.1. The van der Waals surface area contributed by atoms with Crippen molar-refractivity contribution in [2.45, 2.75) is 0 Å². The molecule has 0 radical (unpaired) electrons. The van der Waals surface area contributed by atoms with E-state index in [2.05, 4.69) is 5.32 Å². The summed E-state index contributed by atoms with van der Waals surface area (Å²) in [5.41, 5.74) is 0.986. The van der Waals surface area contributed by atoms with Gasteiger partial charge in [0.2, 0.25) is 0 Å². The Kier molecular flexibility index (Phi) is 3.05. The number of rotatable bonds is 3. The fourth-order valence-electron chi connectivity index (χ4n) is 1.48. The lowest BCUT2D eigenvalue weighted by molar-refractivity contribution is 0.0698. The fraction of sp³-hybridized carbons (Fsp3) is 0. The van der Waals surface area contributed by atoms with Gasteiger partial charge >= 0.3 is 5.97 Å². The van der Waals surface area contributed by atoms with Gasteiger partial charge < -0.3 is 10.4 Å². The minimum absolute atomic E-state index is 0.0373. The average Bonchev–Trinajstić information content (AvgIpc) is 2.30. The largest absolute Gasteiger partial charge is 0.478 e. The molecule has 0 saturated carbocycles. The zero-order valence-electron chi connectivity index (χ0n) is 8.85. The maximum atomic E-state index is 13.1. The van der Waals surface area contributed by atoms with Gasteiger partial charge in [-0.05, 0) is 30.3 Å². The van der Waals surface area contributed by atoms with Crippen molar-refractivity contribution in [3.05, 3.63) is 59.9 Å². The lowest BCUT2D eigenvalue weighted by Gasteiger charge is -2.09. The molecule has 0 aliphatic rings. The van der Waals surface area contributed by atoms with E-state index >= 15 is 0 Å². The summed E-state index contributed by atoms with van der Waals surface area (Å²) < 4.78 is 13.1. The topological polar surface area (TPSA) is 49.3 Å². The second kappa shape index (κ2) is 4.65. The molecule has 0 atom stereocenters. The van der Waals surface area contributed by atoms with Crippen molar-refractivity contribution >= 4 is 17.3 Å². The number of para-hydroxylation sites is 1. The maximum Gasteiger partial charge on any atom is 0.337 e. The Morgan fingerprint density at radius 1 is 1.12 bits per heavy atom. The second-order valence-electron chi connectivity index (χ2n) is 3.49. The minimum atomic E-state index is -1.09. The van der Waals surface area contributed by atoms with Crippen LogP contribution < -0.4 is 5.32 Å². The Morgan fingerprint density at radius 3 is 2.47 bits per heavy atom. The molecule has 17 heavy (non-hydrogen) atoms. The number of carboxylic acid groups (broad SMARTS) is 1. The van der Waals surface area contributed by atoms with Gasteiger partial charge in [0.25, 0.3) is 0 Å². The highest BCUT2D eigenvalue weighted by atomic mass is 19.1. The van der Waals surface area contributed by atoms with E-state index < -0.39 is 11.8 Å². The van der Waals surface area contributed by atoms with Crippen LogP contribution in [0.5, 0.6) is 0 Å². The van der Waals surface area contributed by atoms with Gasteiger partial charge in [0.15, 0.2) is 0 Å². The van der Waals surface area contributed by atoms with Gasteiger partial charge in [0.1, 0.15) is 5.82 Å². The van der Waals surface area contributed by atoms with Crippen LogP contribution in [0.4, 0.5) is 15.8 Å². The first-order chi connectivity index (χ1) is 8.16. The number of halogens is 1. The van der Waals surface area contributed by atoms with Crippen LogP contribution in [-0.2, 0) is 0 Å². The van der Waals surface area contributed by atoms with Crippen LogP contribution in [0.2, 0.25) is 0 Å². The smallest absolute Gasteiger partial charge is 0.337 e. The first-order valence-electron chi connectivity index (χ1n) is 5.02. The van der Waals surface area contributed by atoms with Crippen LogP contribution in [0.15, 0.2) is 48.5 Å². The molecule has 0 aromatic heterocycles. The zero-order chi connectivity index (χ0) is 12.3. The third kappa shape index (κ3) is 2.60. The highest BCUT2D eigenvalue weighted by molar-refractivity contribution is 5.95. The number of hydrogen-bond acceptors (Lipinski definition) is 2. The molecule has 2 aromatic rings. The van der Waals surface area contributed by atoms with E-state index in [-0.39, 0.29) is 11.3 Å². The third-order valence-electron chi connectivity index (χ3n) is 2.26. The zero-order valence-corrected chi connectivity index (χ0v) is 8.85. The number of benzene rings is 2. The van der Waals surface area contributed by atoms with Crippen LogP contribution in [0, 0.1) is 5.82 Å². The average molecular weight is 231 g/mol. The predicted octanol–water partition coefficient (Wildman–Crippen LogP) is 3.27. The molecule has 4 heteroatoms. The molecule has 0 bridgehead atoms. The predicted molar refractivity (Wildman–Crippen MR) is 63.1 cm³/mol. The summed E-state index contributed by atoms with van der Waals surface area (Å²) in [4.78, 5) is 11.0. The van der Waals surface area contributed by atoms with Gasteiger partial charge in [-0.1, -0.05) is 18.2 Å². The molecular weight excluding hydrogens is 221 g/mol. The van der Waals surface area contributed by atoms with Gasteiger partial charge in [-0.3, -0.25) is 0 Å². The summed E-state index contributed by atoms with van der Waals surface area (Å²) >= 11 is 0. The second-order valence-corrected chi connectivity index (χ2v) is 3.49. The van der Waals surface area contributed by atoms with Gasteiger partial charge in [-0.2, -0.15) is 0 Å². The van der Waals surface area contributed by atoms with Crippen molar-refractivity contribution in [2.24, 2.45) is 0 Å². The molecule has 0 amide bonds. The van der Waals surface area contributed by atoms with Gasteiger partial charge in [-0.25, -0.2) is 9.18 Å². The molecule has 0 heterocycles. The van der Waals surface area contributed by atoms with Crippen LogP contribution in [0.3, 0.4) is 0 Å². The minimum Gasteiger partial charge on any atom is -0.478 e. The number of anilines is 2. The Labute approximate surface area is 97.5 Å². The lowest BCUT2D eigenvalue weighted by atomic mass is 10.1. The molecular formula is C13H10FNO2. The quantitative estimate of drug-likeness (QED) is 0.852. The summed E-state index contributed by atoms with van der Waals surface area (Å²) in [6, 6.07) is 12.5. The van der Waals surface area contributed by atoms with Crippen molar-refractivity contribution in [3.8, 4) is 0 Å². The summed E-state index contributed by atoms with van der Waals surface area (Å²) in [6.07, 6.45) is 0. The molecule has 0 spiro atoms.